The molecule has 0 bridgehead atoms. The van der Waals surface area contributed by atoms with Crippen LogP contribution in [0.15, 0.2) is 192 Å². The molecule has 230 valence electrons. The van der Waals surface area contributed by atoms with Crippen LogP contribution in [0.25, 0.3) is 43.8 Å². The lowest BCUT2D eigenvalue weighted by Gasteiger charge is -2.37. The third kappa shape index (κ3) is 4.01. The van der Waals surface area contributed by atoms with E-state index in [1.54, 1.807) is 0 Å². The zero-order valence-corrected chi connectivity index (χ0v) is 26.8. The molecular formula is C47H31NO. The number of furan rings is 1. The summed E-state index contributed by atoms with van der Waals surface area (Å²) in [5.41, 5.74) is 12.1. The fourth-order valence-electron chi connectivity index (χ4n) is 8.34. The van der Waals surface area contributed by atoms with Gasteiger partial charge in [-0.05, 0) is 75.0 Å². The summed E-state index contributed by atoms with van der Waals surface area (Å²) < 4.78 is 6.46. The number of hydrogen-bond donors (Lipinski definition) is 0. The summed E-state index contributed by atoms with van der Waals surface area (Å²) in [5.74, 6) is 0. The maximum atomic E-state index is 6.46. The van der Waals surface area contributed by atoms with Crippen LogP contribution in [-0.4, -0.2) is 0 Å². The summed E-state index contributed by atoms with van der Waals surface area (Å²) in [7, 11) is 0. The lowest BCUT2D eigenvalue weighted by Crippen LogP contribution is -2.30. The fraction of sp³-hybridized carbons (Fsp3) is 0.0213. The van der Waals surface area contributed by atoms with Gasteiger partial charge in [0.2, 0.25) is 0 Å². The molecule has 0 fully saturated rings. The van der Waals surface area contributed by atoms with E-state index in [4.69, 9.17) is 4.42 Å². The molecule has 0 aliphatic heterocycles. The molecular weight excluding hydrogens is 595 g/mol. The van der Waals surface area contributed by atoms with Gasteiger partial charge in [0.05, 0.1) is 11.1 Å². The SMILES string of the molecule is c1ccc(N(c2ccc3c(c2)oc2ccccc23)c2cccc3c2C(c2ccccc2)(c2ccccc2)c2ccc4ccccc4c2-3)cc1. The minimum absolute atomic E-state index is 0.579. The summed E-state index contributed by atoms with van der Waals surface area (Å²) >= 11 is 0. The number of para-hydroxylation sites is 2. The zero-order chi connectivity index (χ0) is 32.4. The smallest absolute Gasteiger partial charge is 0.137 e. The van der Waals surface area contributed by atoms with Crippen LogP contribution in [-0.2, 0) is 5.41 Å². The summed E-state index contributed by atoms with van der Waals surface area (Å²) in [4.78, 5) is 2.42. The molecule has 2 heteroatoms. The fourth-order valence-corrected chi connectivity index (χ4v) is 8.34. The Morgan fingerprint density at radius 2 is 1.06 bits per heavy atom. The van der Waals surface area contributed by atoms with Gasteiger partial charge in [-0.1, -0.05) is 146 Å². The van der Waals surface area contributed by atoms with Crippen molar-refractivity contribution in [3.05, 3.63) is 210 Å². The number of hydrogen-bond acceptors (Lipinski definition) is 2. The average molecular weight is 626 g/mol. The predicted molar refractivity (Wildman–Crippen MR) is 203 cm³/mol. The first-order chi connectivity index (χ1) is 24.3. The monoisotopic (exact) mass is 625 g/mol. The Labute approximate surface area is 285 Å². The molecule has 0 unspecified atom stereocenters. The highest BCUT2D eigenvalue weighted by molar-refractivity contribution is 6.08. The summed E-state index contributed by atoms with van der Waals surface area (Å²) in [6.07, 6.45) is 0. The summed E-state index contributed by atoms with van der Waals surface area (Å²) in [5, 5.41) is 4.75. The summed E-state index contributed by atoms with van der Waals surface area (Å²) in [6.45, 7) is 0. The van der Waals surface area contributed by atoms with Crippen LogP contribution in [0, 0.1) is 0 Å². The number of nitrogens with zero attached hydrogens (tertiary/aromatic N) is 1. The molecule has 10 rings (SSSR count). The van der Waals surface area contributed by atoms with Crippen molar-refractivity contribution in [1.82, 2.24) is 0 Å². The maximum Gasteiger partial charge on any atom is 0.137 e. The van der Waals surface area contributed by atoms with E-state index in [9.17, 15) is 0 Å². The van der Waals surface area contributed by atoms with Gasteiger partial charge in [-0.2, -0.15) is 0 Å². The van der Waals surface area contributed by atoms with Gasteiger partial charge in [-0.15, -0.1) is 0 Å². The van der Waals surface area contributed by atoms with Gasteiger partial charge in [0.1, 0.15) is 11.2 Å². The van der Waals surface area contributed by atoms with Crippen LogP contribution in [0.4, 0.5) is 17.1 Å². The first kappa shape index (κ1) is 27.7. The predicted octanol–water partition coefficient (Wildman–Crippen LogP) is 12.6. The minimum atomic E-state index is -0.579. The molecule has 0 amide bonds. The lowest BCUT2D eigenvalue weighted by atomic mass is 9.67. The molecule has 1 aliphatic rings. The molecule has 49 heavy (non-hydrogen) atoms. The van der Waals surface area contributed by atoms with E-state index in [-0.39, 0.29) is 0 Å². The topological polar surface area (TPSA) is 16.4 Å². The standard InChI is InChI=1S/C47H31NO/c1-4-16-33(17-5-1)47(34-18-6-2-7-19-34)41-30-27-32-15-10-11-22-37(32)45(41)40-24-14-25-42(46(40)47)48(35-20-8-3-9-21-35)36-28-29-39-38-23-12-13-26-43(38)49-44(39)31-36/h1-31H. The van der Waals surface area contributed by atoms with Crippen LogP contribution >= 0.6 is 0 Å². The van der Waals surface area contributed by atoms with E-state index in [1.165, 1.54) is 44.2 Å². The van der Waals surface area contributed by atoms with Gasteiger partial charge >= 0.3 is 0 Å². The Balaban J connectivity index is 1.35. The van der Waals surface area contributed by atoms with Crippen molar-refractivity contribution >= 4 is 49.8 Å². The van der Waals surface area contributed by atoms with Crippen molar-refractivity contribution in [1.29, 1.82) is 0 Å². The van der Waals surface area contributed by atoms with E-state index in [2.05, 4.69) is 181 Å². The molecule has 1 aromatic heterocycles. The Kier molecular flexibility index (Phi) is 6.13. The van der Waals surface area contributed by atoms with Gasteiger partial charge in [0.25, 0.3) is 0 Å². The first-order valence-electron chi connectivity index (χ1n) is 16.9. The second kappa shape index (κ2) is 10.8. The molecule has 0 radical (unpaired) electrons. The highest BCUT2D eigenvalue weighted by Gasteiger charge is 2.49. The Morgan fingerprint density at radius 3 is 1.82 bits per heavy atom. The molecule has 0 spiro atoms. The average Bonchev–Trinajstić information content (AvgIpc) is 3.70. The molecule has 1 aliphatic carbocycles. The molecule has 0 atom stereocenters. The van der Waals surface area contributed by atoms with Crippen molar-refractivity contribution in [3.63, 3.8) is 0 Å². The van der Waals surface area contributed by atoms with E-state index >= 15 is 0 Å². The number of benzene rings is 8. The van der Waals surface area contributed by atoms with Crippen LogP contribution in [0.2, 0.25) is 0 Å². The van der Waals surface area contributed by atoms with Gasteiger partial charge in [-0.25, -0.2) is 0 Å². The van der Waals surface area contributed by atoms with E-state index in [1.807, 2.05) is 12.1 Å². The first-order valence-corrected chi connectivity index (χ1v) is 16.9. The van der Waals surface area contributed by atoms with Gasteiger partial charge in [-0.3, -0.25) is 0 Å². The molecule has 9 aromatic rings. The lowest BCUT2D eigenvalue weighted by molar-refractivity contribution is 0.669. The normalized spacial score (nSPS) is 13.1. The Morgan fingerprint density at radius 1 is 0.429 bits per heavy atom. The van der Waals surface area contributed by atoms with Crippen LogP contribution in [0.3, 0.4) is 0 Å². The zero-order valence-electron chi connectivity index (χ0n) is 26.8. The Bertz CT molecular complexity index is 2620. The Hall–Kier alpha value is -6.38. The largest absolute Gasteiger partial charge is 0.456 e. The van der Waals surface area contributed by atoms with Crippen molar-refractivity contribution in [2.24, 2.45) is 0 Å². The highest BCUT2D eigenvalue weighted by atomic mass is 16.3. The summed E-state index contributed by atoms with van der Waals surface area (Å²) in [6, 6.07) is 68.1. The van der Waals surface area contributed by atoms with Crippen molar-refractivity contribution in [2.45, 2.75) is 5.41 Å². The third-order valence-corrected chi connectivity index (χ3v) is 10.3. The third-order valence-electron chi connectivity index (χ3n) is 10.3. The minimum Gasteiger partial charge on any atom is -0.456 e. The molecule has 2 nitrogen and oxygen atoms in total. The molecule has 8 aromatic carbocycles. The van der Waals surface area contributed by atoms with E-state index in [0.29, 0.717) is 0 Å². The van der Waals surface area contributed by atoms with E-state index in [0.717, 1.165) is 39.0 Å². The van der Waals surface area contributed by atoms with Gasteiger partial charge < -0.3 is 9.32 Å². The molecule has 0 N–H and O–H groups in total. The molecule has 0 saturated heterocycles. The number of anilines is 3. The second-order valence-corrected chi connectivity index (χ2v) is 12.8. The number of fused-ring (bicyclic) bond motifs is 8. The van der Waals surface area contributed by atoms with E-state index < -0.39 is 5.41 Å². The molecule has 1 heterocycles. The van der Waals surface area contributed by atoms with Gasteiger partial charge in [0.15, 0.2) is 0 Å². The van der Waals surface area contributed by atoms with Crippen molar-refractivity contribution < 1.29 is 4.42 Å². The maximum absolute atomic E-state index is 6.46. The highest BCUT2D eigenvalue weighted by Crippen LogP contribution is 2.61. The second-order valence-electron chi connectivity index (χ2n) is 12.8. The van der Waals surface area contributed by atoms with Crippen molar-refractivity contribution in [2.75, 3.05) is 4.90 Å². The van der Waals surface area contributed by atoms with Crippen molar-refractivity contribution in [3.8, 4) is 11.1 Å². The molecule has 0 saturated carbocycles. The van der Waals surface area contributed by atoms with Crippen LogP contribution in [0.1, 0.15) is 22.3 Å². The van der Waals surface area contributed by atoms with Crippen LogP contribution < -0.4 is 4.90 Å². The quantitative estimate of drug-likeness (QED) is 0.189. The van der Waals surface area contributed by atoms with Crippen LogP contribution in [0.5, 0.6) is 0 Å². The number of rotatable bonds is 5. The van der Waals surface area contributed by atoms with Gasteiger partial charge in [0, 0.05) is 33.8 Å².